The summed E-state index contributed by atoms with van der Waals surface area (Å²) in [6.07, 6.45) is -3.05. The number of nitrogens with zero attached hydrogens (tertiary/aromatic N) is 2. The summed E-state index contributed by atoms with van der Waals surface area (Å²) in [4.78, 5) is 0. The number of hydrogen-bond acceptors (Lipinski definition) is 5. The highest BCUT2D eigenvalue weighted by molar-refractivity contribution is 4.82. The van der Waals surface area contributed by atoms with Gasteiger partial charge in [0.25, 0.3) is 0 Å². The topological polar surface area (TPSA) is 57.4 Å². The van der Waals surface area contributed by atoms with Crippen LogP contribution in [0.2, 0.25) is 0 Å². The summed E-state index contributed by atoms with van der Waals surface area (Å²) in [6.45, 7) is 0.0832. The Labute approximate surface area is 88.5 Å². The van der Waals surface area contributed by atoms with Crippen LogP contribution in [0.5, 0.6) is 0 Å². The van der Waals surface area contributed by atoms with Gasteiger partial charge in [-0.3, -0.25) is 4.74 Å². The quantitative estimate of drug-likeness (QED) is 0.793. The number of rotatable bonds is 4. The van der Waals surface area contributed by atoms with Crippen LogP contribution in [0.1, 0.15) is 18.7 Å². The fraction of sp³-hybridized carbons (Fsp3) is 0.750. The Balaban J connectivity index is 1.62. The molecule has 0 N–H and O–H groups in total. The van der Waals surface area contributed by atoms with Crippen molar-refractivity contribution in [1.29, 1.82) is 0 Å². The molecule has 0 bridgehead atoms. The molecule has 1 aliphatic carbocycles. The first-order valence-electron chi connectivity index (χ1n) is 4.57. The minimum absolute atomic E-state index is 0.0832. The molecule has 0 spiro atoms. The van der Waals surface area contributed by atoms with Crippen molar-refractivity contribution in [3.05, 3.63) is 12.3 Å². The maximum atomic E-state index is 11.8. The Kier molecular flexibility index (Phi) is 3.10. The van der Waals surface area contributed by atoms with Gasteiger partial charge in [0, 0.05) is 12.8 Å². The Morgan fingerprint density at radius 3 is 2.69 bits per heavy atom. The summed E-state index contributed by atoms with van der Waals surface area (Å²) < 4.78 is 49.0. The summed E-state index contributed by atoms with van der Waals surface area (Å²) in [5.74, 6) is 0.250. The van der Waals surface area contributed by atoms with Gasteiger partial charge in [-0.25, -0.2) is 0 Å². The minimum atomic E-state index is -4.57. The van der Waals surface area contributed by atoms with Crippen LogP contribution in [0.15, 0.2) is 4.42 Å². The van der Waals surface area contributed by atoms with Crippen molar-refractivity contribution in [3.8, 4) is 0 Å². The fourth-order valence-corrected chi connectivity index (χ4v) is 1.36. The van der Waals surface area contributed by atoms with Crippen molar-refractivity contribution >= 4 is 0 Å². The van der Waals surface area contributed by atoms with Gasteiger partial charge in [-0.1, -0.05) is 0 Å². The van der Waals surface area contributed by atoms with Gasteiger partial charge in [0.2, 0.25) is 5.89 Å². The zero-order valence-corrected chi connectivity index (χ0v) is 8.03. The first kappa shape index (κ1) is 11.3. The lowest BCUT2D eigenvalue weighted by Crippen LogP contribution is -2.40. The average molecular weight is 237 g/mol. The van der Waals surface area contributed by atoms with Gasteiger partial charge in [0.05, 0.1) is 12.2 Å². The van der Waals surface area contributed by atoms with Crippen LogP contribution in [0, 0.1) is 6.39 Å². The van der Waals surface area contributed by atoms with Crippen molar-refractivity contribution in [3.63, 3.8) is 0 Å². The molecule has 89 valence electrons. The van der Waals surface area contributed by atoms with Crippen molar-refractivity contribution in [2.24, 2.45) is 0 Å². The molecule has 1 fully saturated rings. The second-order valence-electron chi connectivity index (χ2n) is 3.38. The van der Waals surface area contributed by atoms with E-state index in [1.54, 1.807) is 0 Å². The molecular weight excluding hydrogens is 229 g/mol. The lowest BCUT2D eigenvalue weighted by molar-refractivity contribution is -0.357. The van der Waals surface area contributed by atoms with Crippen LogP contribution in [0.3, 0.4) is 0 Å². The number of ether oxygens (including phenoxy) is 2. The molecule has 0 amide bonds. The second kappa shape index (κ2) is 4.38. The van der Waals surface area contributed by atoms with Crippen LogP contribution >= 0.6 is 0 Å². The predicted octanol–water partition coefficient (Wildman–Crippen LogP) is 1.45. The van der Waals surface area contributed by atoms with E-state index in [9.17, 15) is 13.2 Å². The molecule has 8 heteroatoms. The molecule has 1 heterocycles. The van der Waals surface area contributed by atoms with Gasteiger partial charge in [0.1, 0.15) is 6.61 Å². The first-order chi connectivity index (χ1) is 7.53. The summed E-state index contributed by atoms with van der Waals surface area (Å²) in [5.41, 5.74) is 0. The third-order valence-corrected chi connectivity index (χ3v) is 2.16. The van der Waals surface area contributed by atoms with E-state index < -0.39 is 12.5 Å². The van der Waals surface area contributed by atoms with Gasteiger partial charge in [-0.15, -0.1) is 23.4 Å². The Hall–Kier alpha value is -1.15. The maximum Gasteiger partial charge on any atom is 0.522 e. The molecule has 0 atom stereocenters. The van der Waals surface area contributed by atoms with Crippen LogP contribution in [0.4, 0.5) is 13.2 Å². The summed E-state index contributed by atoms with van der Waals surface area (Å²) in [6, 6.07) is 0. The third-order valence-electron chi connectivity index (χ3n) is 2.16. The van der Waals surface area contributed by atoms with Crippen molar-refractivity contribution < 1.29 is 27.1 Å². The van der Waals surface area contributed by atoms with Crippen molar-refractivity contribution in [2.75, 3.05) is 0 Å². The third kappa shape index (κ3) is 3.17. The van der Waals surface area contributed by atoms with E-state index >= 15 is 0 Å². The SMILES string of the molecule is FC(F)(F)OC1CC(OCc2nn[c]o2)C1. The van der Waals surface area contributed by atoms with E-state index in [4.69, 9.17) is 4.74 Å². The standard InChI is InChI=1S/C8H8F3N2O3/c9-8(10,11)16-6-1-5(2-6)14-3-7-13-12-4-15-7/h5-6H,1-3H2. The summed E-state index contributed by atoms with van der Waals surface area (Å²) in [7, 11) is 0. The van der Waals surface area contributed by atoms with Crippen LogP contribution in [-0.4, -0.2) is 28.8 Å². The van der Waals surface area contributed by atoms with Gasteiger partial charge in [-0.05, 0) is 0 Å². The lowest BCUT2D eigenvalue weighted by atomic mass is 9.92. The van der Waals surface area contributed by atoms with Crippen molar-refractivity contribution in [1.82, 2.24) is 10.2 Å². The van der Waals surface area contributed by atoms with Crippen LogP contribution < -0.4 is 0 Å². The molecule has 0 aromatic carbocycles. The molecule has 1 aromatic rings. The summed E-state index contributed by atoms with van der Waals surface area (Å²) in [5, 5.41) is 6.83. The van der Waals surface area contributed by atoms with Gasteiger partial charge in [0.15, 0.2) is 0 Å². The van der Waals surface area contributed by atoms with Gasteiger partial charge in [-0.2, -0.15) is 0 Å². The second-order valence-corrected chi connectivity index (χ2v) is 3.38. The molecule has 0 aliphatic heterocycles. The highest BCUT2D eigenvalue weighted by atomic mass is 19.4. The fourth-order valence-electron chi connectivity index (χ4n) is 1.36. The van der Waals surface area contributed by atoms with E-state index in [1.165, 1.54) is 0 Å². The van der Waals surface area contributed by atoms with Crippen molar-refractivity contribution in [2.45, 2.75) is 38.0 Å². The van der Waals surface area contributed by atoms with E-state index in [1.807, 2.05) is 0 Å². The molecule has 1 saturated carbocycles. The zero-order valence-electron chi connectivity index (χ0n) is 8.03. The number of aromatic nitrogens is 2. The molecule has 16 heavy (non-hydrogen) atoms. The number of halogens is 3. The molecule has 2 rings (SSSR count). The van der Waals surface area contributed by atoms with Crippen LogP contribution in [0.25, 0.3) is 0 Å². The molecule has 1 aromatic heterocycles. The Bertz CT molecular complexity index is 322. The maximum absolute atomic E-state index is 11.8. The lowest BCUT2D eigenvalue weighted by Gasteiger charge is -2.34. The number of hydrogen-bond donors (Lipinski definition) is 0. The van der Waals surface area contributed by atoms with Crippen LogP contribution in [-0.2, 0) is 16.1 Å². The van der Waals surface area contributed by atoms with Gasteiger partial charge < -0.3 is 9.15 Å². The molecule has 0 saturated heterocycles. The summed E-state index contributed by atoms with van der Waals surface area (Å²) >= 11 is 0. The number of alkyl halides is 3. The van der Waals surface area contributed by atoms with E-state index in [0.717, 1.165) is 0 Å². The average Bonchev–Trinajstić information content (AvgIpc) is 2.59. The molecule has 1 radical (unpaired) electrons. The molecular formula is C8H8F3N2O3. The smallest absolute Gasteiger partial charge is 0.414 e. The molecule has 0 unspecified atom stereocenters. The van der Waals surface area contributed by atoms with E-state index in [-0.39, 0.29) is 31.4 Å². The van der Waals surface area contributed by atoms with Gasteiger partial charge >= 0.3 is 12.8 Å². The molecule has 5 nitrogen and oxygen atoms in total. The monoisotopic (exact) mass is 237 g/mol. The highest BCUT2D eigenvalue weighted by Gasteiger charge is 2.40. The first-order valence-corrected chi connectivity index (χ1v) is 4.57. The minimum Gasteiger partial charge on any atom is -0.414 e. The highest BCUT2D eigenvalue weighted by Crippen LogP contribution is 2.32. The zero-order chi connectivity index (χ0) is 11.6. The Morgan fingerprint density at radius 2 is 2.12 bits per heavy atom. The van der Waals surface area contributed by atoms with E-state index in [0.29, 0.717) is 0 Å². The molecule has 1 aliphatic rings. The normalized spacial score (nSPS) is 25.4. The van der Waals surface area contributed by atoms with E-state index in [2.05, 4.69) is 25.7 Å². The largest absolute Gasteiger partial charge is 0.522 e. The predicted molar refractivity (Wildman–Crippen MR) is 41.9 cm³/mol. The Morgan fingerprint density at radius 1 is 1.38 bits per heavy atom.